The highest BCUT2D eigenvalue weighted by Gasteiger charge is 2.15. The SMILES string of the molecule is CC(Nc1ncc([N+](=O)[O-])cn1)c1nc(C(=O)O)cs1. The quantitative estimate of drug-likeness (QED) is 0.629. The number of carboxylic acid groups (broad SMARTS) is 1. The van der Waals surface area contributed by atoms with Crippen molar-refractivity contribution in [1.29, 1.82) is 0 Å². The van der Waals surface area contributed by atoms with Gasteiger partial charge in [0.05, 0.1) is 11.0 Å². The van der Waals surface area contributed by atoms with Gasteiger partial charge in [-0.3, -0.25) is 10.1 Å². The number of carbonyl (C=O) groups is 1. The average Bonchev–Trinajstić information content (AvgIpc) is 2.89. The maximum atomic E-state index is 10.7. The van der Waals surface area contributed by atoms with Gasteiger partial charge in [-0.25, -0.2) is 19.7 Å². The third-order valence-electron chi connectivity index (χ3n) is 2.31. The van der Waals surface area contributed by atoms with E-state index in [0.29, 0.717) is 5.01 Å². The summed E-state index contributed by atoms with van der Waals surface area (Å²) in [6, 6.07) is -0.311. The molecule has 0 aliphatic rings. The van der Waals surface area contributed by atoms with E-state index in [1.807, 2.05) is 0 Å². The molecule has 0 amide bonds. The van der Waals surface area contributed by atoms with Gasteiger partial charge in [0.1, 0.15) is 17.4 Å². The van der Waals surface area contributed by atoms with Crippen molar-refractivity contribution in [2.75, 3.05) is 5.32 Å². The molecule has 0 saturated heterocycles. The first-order chi connectivity index (χ1) is 9.47. The Morgan fingerprint density at radius 2 is 2.15 bits per heavy atom. The predicted molar refractivity (Wildman–Crippen MR) is 69.8 cm³/mol. The van der Waals surface area contributed by atoms with Gasteiger partial charge in [0.25, 0.3) is 0 Å². The second-order valence-electron chi connectivity index (χ2n) is 3.76. The molecule has 2 N–H and O–H groups in total. The van der Waals surface area contributed by atoms with Gasteiger partial charge in [0.15, 0.2) is 5.69 Å². The highest BCUT2D eigenvalue weighted by atomic mass is 32.1. The third-order valence-corrected chi connectivity index (χ3v) is 3.33. The summed E-state index contributed by atoms with van der Waals surface area (Å²) >= 11 is 1.20. The zero-order valence-electron chi connectivity index (χ0n) is 10.2. The minimum absolute atomic E-state index is 0.0248. The summed E-state index contributed by atoms with van der Waals surface area (Å²) in [7, 11) is 0. The summed E-state index contributed by atoms with van der Waals surface area (Å²) in [5.74, 6) is -0.888. The highest BCUT2D eigenvalue weighted by molar-refractivity contribution is 7.09. The Morgan fingerprint density at radius 1 is 1.50 bits per heavy atom. The van der Waals surface area contributed by atoms with Gasteiger partial charge in [-0.1, -0.05) is 0 Å². The molecule has 2 heterocycles. The van der Waals surface area contributed by atoms with Crippen molar-refractivity contribution in [2.24, 2.45) is 0 Å². The molecule has 104 valence electrons. The summed E-state index contributed by atoms with van der Waals surface area (Å²) in [5.41, 5.74) is -0.228. The molecule has 10 heteroatoms. The summed E-state index contributed by atoms with van der Waals surface area (Å²) in [6.07, 6.45) is 2.18. The first-order valence-corrected chi connectivity index (χ1v) is 6.27. The number of rotatable bonds is 5. The Labute approximate surface area is 116 Å². The molecule has 0 aliphatic carbocycles. The van der Waals surface area contributed by atoms with E-state index in [1.54, 1.807) is 6.92 Å². The van der Waals surface area contributed by atoms with Crippen molar-refractivity contribution in [2.45, 2.75) is 13.0 Å². The van der Waals surface area contributed by atoms with Gasteiger partial charge in [-0.15, -0.1) is 11.3 Å². The van der Waals surface area contributed by atoms with E-state index < -0.39 is 10.9 Å². The number of carboxylic acids is 1. The second-order valence-corrected chi connectivity index (χ2v) is 4.65. The zero-order chi connectivity index (χ0) is 14.7. The molecule has 2 rings (SSSR count). The lowest BCUT2D eigenvalue weighted by Crippen LogP contribution is -2.10. The molecule has 0 radical (unpaired) electrons. The maximum Gasteiger partial charge on any atom is 0.355 e. The Morgan fingerprint density at radius 3 is 2.65 bits per heavy atom. The van der Waals surface area contributed by atoms with E-state index in [4.69, 9.17) is 5.11 Å². The van der Waals surface area contributed by atoms with Gasteiger partial charge < -0.3 is 10.4 Å². The van der Waals surface area contributed by atoms with E-state index in [1.165, 1.54) is 16.7 Å². The van der Waals surface area contributed by atoms with Crippen LogP contribution in [0, 0.1) is 10.1 Å². The molecular formula is C10H9N5O4S. The zero-order valence-corrected chi connectivity index (χ0v) is 11.0. The number of nitrogens with zero attached hydrogens (tertiary/aromatic N) is 4. The molecule has 2 aromatic rings. The monoisotopic (exact) mass is 295 g/mol. The molecule has 0 fully saturated rings. The number of hydrogen-bond donors (Lipinski definition) is 2. The predicted octanol–water partition coefficient (Wildman–Crippen LogP) is 1.71. The van der Waals surface area contributed by atoms with Crippen LogP contribution in [0.25, 0.3) is 0 Å². The Kier molecular flexibility index (Phi) is 3.84. The molecular weight excluding hydrogens is 286 g/mol. The van der Waals surface area contributed by atoms with Crippen molar-refractivity contribution in [1.82, 2.24) is 15.0 Å². The summed E-state index contributed by atoms with van der Waals surface area (Å²) < 4.78 is 0. The van der Waals surface area contributed by atoms with E-state index >= 15 is 0 Å². The van der Waals surface area contributed by atoms with Gasteiger partial charge in [-0.2, -0.15) is 0 Å². The fourth-order valence-corrected chi connectivity index (χ4v) is 2.13. The van der Waals surface area contributed by atoms with Crippen LogP contribution in [0.4, 0.5) is 11.6 Å². The molecule has 0 aromatic carbocycles. The molecule has 0 saturated carbocycles. The summed E-state index contributed by atoms with van der Waals surface area (Å²) in [5, 5.41) is 24.1. The van der Waals surface area contributed by atoms with E-state index in [0.717, 1.165) is 12.4 Å². The van der Waals surface area contributed by atoms with Crippen LogP contribution in [0.15, 0.2) is 17.8 Å². The lowest BCUT2D eigenvalue weighted by Gasteiger charge is -2.10. The van der Waals surface area contributed by atoms with E-state index in [2.05, 4.69) is 20.3 Å². The molecule has 0 aliphatic heterocycles. The van der Waals surface area contributed by atoms with Crippen LogP contribution < -0.4 is 5.32 Å². The summed E-state index contributed by atoms with van der Waals surface area (Å²) in [4.78, 5) is 32.2. The lowest BCUT2D eigenvalue weighted by atomic mass is 10.3. The first-order valence-electron chi connectivity index (χ1n) is 5.39. The molecule has 1 atom stereocenters. The lowest BCUT2D eigenvalue weighted by molar-refractivity contribution is -0.385. The van der Waals surface area contributed by atoms with Crippen LogP contribution in [0.2, 0.25) is 0 Å². The molecule has 1 unspecified atom stereocenters. The molecule has 0 spiro atoms. The molecule has 9 nitrogen and oxygen atoms in total. The van der Waals surface area contributed by atoms with Crippen LogP contribution >= 0.6 is 11.3 Å². The van der Waals surface area contributed by atoms with Crippen molar-refractivity contribution in [3.8, 4) is 0 Å². The minimum atomic E-state index is -1.09. The highest BCUT2D eigenvalue weighted by Crippen LogP contribution is 2.21. The third kappa shape index (κ3) is 3.03. The topological polar surface area (TPSA) is 131 Å². The van der Waals surface area contributed by atoms with Gasteiger partial charge in [0, 0.05) is 5.38 Å². The smallest absolute Gasteiger partial charge is 0.355 e. The molecule has 2 aromatic heterocycles. The van der Waals surface area contributed by atoms with E-state index in [-0.39, 0.29) is 23.4 Å². The molecule has 20 heavy (non-hydrogen) atoms. The fourth-order valence-electron chi connectivity index (χ4n) is 1.33. The molecule has 0 bridgehead atoms. The van der Waals surface area contributed by atoms with Crippen LogP contribution in [0.1, 0.15) is 28.5 Å². The number of thiazole rings is 1. The summed E-state index contributed by atoms with van der Waals surface area (Å²) in [6.45, 7) is 1.76. The Balaban J connectivity index is 2.08. The van der Waals surface area contributed by atoms with Gasteiger partial charge in [0.2, 0.25) is 5.95 Å². The average molecular weight is 295 g/mol. The van der Waals surface area contributed by atoms with Crippen LogP contribution in [-0.4, -0.2) is 31.0 Å². The van der Waals surface area contributed by atoms with Crippen molar-refractivity contribution < 1.29 is 14.8 Å². The van der Waals surface area contributed by atoms with Crippen molar-refractivity contribution in [3.63, 3.8) is 0 Å². The Bertz CT molecular complexity index is 641. The van der Waals surface area contributed by atoms with Crippen LogP contribution in [0.5, 0.6) is 0 Å². The van der Waals surface area contributed by atoms with Gasteiger partial charge in [-0.05, 0) is 6.92 Å². The van der Waals surface area contributed by atoms with Gasteiger partial charge >= 0.3 is 11.7 Å². The van der Waals surface area contributed by atoms with E-state index in [9.17, 15) is 14.9 Å². The number of anilines is 1. The van der Waals surface area contributed by atoms with Crippen molar-refractivity contribution in [3.05, 3.63) is 38.6 Å². The second kappa shape index (κ2) is 5.57. The van der Waals surface area contributed by atoms with Crippen LogP contribution in [0.3, 0.4) is 0 Å². The van der Waals surface area contributed by atoms with Crippen LogP contribution in [-0.2, 0) is 0 Å². The Hall–Kier alpha value is -2.62. The fraction of sp³-hybridized carbons (Fsp3) is 0.200. The first kappa shape index (κ1) is 13.8. The number of aromatic nitrogens is 3. The number of aromatic carboxylic acids is 1. The maximum absolute atomic E-state index is 10.7. The minimum Gasteiger partial charge on any atom is -0.476 e. The number of hydrogen-bond acceptors (Lipinski definition) is 8. The number of nitrogens with one attached hydrogen (secondary N) is 1. The normalized spacial score (nSPS) is 11.8. The van der Waals surface area contributed by atoms with Crippen molar-refractivity contribution >= 4 is 28.9 Å². The standard InChI is InChI=1S/C10H9N5O4S/c1-5(8-14-7(4-20-8)9(16)17)13-10-11-2-6(3-12-10)15(18)19/h2-5H,1H3,(H,16,17)(H,11,12,13). The largest absolute Gasteiger partial charge is 0.476 e. The number of nitro groups is 1.